The van der Waals surface area contributed by atoms with Crippen LogP contribution in [0.2, 0.25) is 5.02 Å². The predicted molar refractivity (Wildman–Crippen MR) is 88.1 cm³/mol. The second-order valence-electron chi connectivity index (χ2n) is 3.98. The summed E-state index contributed by atoms with van der Waals surface area (Å²) in [6, 6.07) is 5.28. The third-order valence-corrected chi connectivity index (χ3v) is 3.26. The Morgan fingerprint density at radius 2 is 2.15 bits per heavy atom. The summed E-state index contributed by atoms with van der Waals surface area (Å²) in [4.78, 5) is 11.5. The largest absolute Gasteiger partial charge is 0.492 e. The van der Waals surface area contributed by atoms with Crippen LogP contribution in [0.4, 0.5) is 0 Å². The van der Waals surface area contributed by atoms with Crippen molar-refractivity contribution in [2.75, 3.05) is 26.7 Å². The fourth-order valence-corrected chi connectivity index (χ4v) is 2.22. The van der Waals surface area contributed by atoms with Crippen molar-refractivity contribution in [2.24, 2.45) is 0 Å². The highest BCUT2D eigenvalue weighted by Crippen LogP contribution is 2.27. The van der Waals surface area contributed by atoms with Gasteiger partial charge in [0.15, 0.2) is 0 Å². The van der Waals surface area contributed by atoms with Gasteiger partial charge in [0.2, 0.25) is 5.91 Å². The van der Waals surface area contributed by atoms with E-state index in [1.54, 1.807) is 18.2 Å². The molecular formula is C13H19BrCl2N2O2. The van der Waals surface area contributed by atoms with Gasteiger partial charge in [0, 0.05) is 11.6 Å². The zero-order valence-electron chi connectivity index (χ0n) is 11.2. The normalized spacial score (nSPS) is 9.75. The second-order valence-corrected chi connectivity index (χ2v) is 5.27. The summed E-state index contributed by atoms with van der Waals surface area (Å²) in [6.07, 6.45) is 1.26. The van der Waals surface area contributed by atoms with Gasteiger partial charge in [-0.2, -0.15) is 0 Å². The first-order valence-electron chi connectivity index (χ1n) is 6.12. The number of hydrogen-bond acceptors (Lipinski definition) is 3. The molecule has 1 rings (SSSR count). The lowest BCUT2D eigenvalue weighted by Gasteiger charge is -2.09. The summed E-state index contributed by atoms with van der Waals surface area (Å²) < 4.78 is 6.30. The third kappa shape index (κ3) is 7.94. The number of nitrogens with one attached hydrogen (secondary N) is 2. The van der Waals surface area contributed by atoms with Crippen LogP contribution >= 0.6 is 39.9 Å². The third-order valence-electron chi connectivity index (χ3n) is 2.41. The average molecular weight is 386 g/mol. The minimum absolute atomic E-state index is 0. The molecule has 20 heavy (non-hydrogen) atoms. The highest BCUT2D eigenvalue weighted by molar-refractivity contribution is 9.10. The number of halogens is 3. The van der Waals surface area contributed by atoms with Crippen LogP contribution in [0.25, 0.3) is 0 Å². The van der Waals surface area contributed by atoms with Gasteiger partial charge in [-0.3, -0.25) is 4.79 Å². The summed E-state index contributed by atoms with van der Waals surface area (Å²) in [5, 5.41) is 6.50. The van der Waals surface area contributed by atoms with Crippen LogP contribution in [-0.4, -0.2) is 32.7 Å². The molecule has 0 radical (unpaired) electrons. The Kier molecular flexibility index (Phi) is 10.9. The predicted octanol–water partition coefficient (Wildman–Crippen LogP) is 3.02. The Labute approximate surface area is 139 Å². The van der Waals surface area contributed by atoms with Crippen molar-refractivity contribution in [3.63, 3.8) is 0 Å². The molecule has 114 valence electrons. The number of ether oxygens (including phenoxy) is 1. The van der Waals surface area contributed by atoms with Crippen molar-refractivity contribution < 1.29 is 9.53 Å². The lowest BCUT2D eigenvalue weighted by atomic mass is 10.3. The van der Waals surface area contributed by atoms with Crippen LogP contribution < -0.4 is 15.4 Å². The van der Waals surface area contributed by atoms with Gasteiger partial charge in [0.05, 0.1) is 17.5 Å². The molecule has 0 fully saturated rings. The Morgan fingerprint density at radius 1 is 1.40 bits per heavy atom. The fourth-order valence-electron chi connectivity index (χ4n) is 1.43. The van der Waals surface area contributed by atoms with Crippen LogP contribution in [0, 0.1) is 0 Å². The van der Waals surface area contributed by atoms with Crippen molar-refractivity contribution in [3.8, 4) is 5.75 Å². The van der Waals surface area contributed by atoms with E-state index >= 15 is 0 Å². The van der Waals surface area contributed by atoms with E-state index in [1.165, 1.54) is 0 Å². The maximum absolute atomic E-state index is 11.5. The number of carbonyl (C=O) groups excluding carboxylic acids is 1. The molecular weight excluding hydrogens is 367 g/mol. The number of carbonyl (C=O) groups is 1. The molecule has 0 aliphatic carbocycles. The van der Waals surface area contributed by atoms with E-state index in [2.05, 4.69) is 26.6 Å². The highest BCUT2D eigenvalue weighted by Gasteiger charge is 2.04. The Morgan fingerprint density at radius 3 is 2.80 bits per heavy atom. The summed E-state index contributed by atoms with van der Waals surface area (Å²) in [7, 11) is 1.89. The number of amides is 1. The van der Waals surface area contributed by atoms with E-state index in [0.717, 1.165) is 17.4 Å². The molecule has 7 heteroatoms. The molecule has 2 N–H and O–H groups in total. The van der Waals surface area contributed by atoms with Crippen molar-refractivity contribution >= 4 is 45.8 Å². The van der Waals surface area contributed by atoms with E-state index in [9.17, 15) is 4.79 Å². The summed E-state index contributed by atoms with van der Waals surface area (Å²) in [5.41, 5.74) is 0. The van der Waals surface area contributed by atoms with E-state index in [1.807, 2.05) is 7.05 Å². The molecule has 4 nitrogen and oxygen atoms in total. The first-order chi connectivity index (χ1) is 9.13. The lowest BCUT2D eigenvalue weighted by molar-refractivity contribution is -0.121. The monoisotopic (exact) mass is 384 g/mol. The van der Waals surface area contributed by atoms with Crippen LogP contribution in [0.3, 0.4) is 0 Å². The average Bonchev–Trinajstić information content (AvgIpc) is 2.37. The molecule has 0 aliphatic rings. The SMILES string of the molecule is CNCCCNC(=O)CCOc1ccc(Cl)cc1Br.Cl. The lowest BCUT2D eigenvalue weighted by Crippen LogP contribution is -2.27. The molecule has 0 atom stereocenters. The van der Waals surface area contributed by atoms with Gasteiger partial charge in [0.25, 0.3) is 0 Å². The van der Waals surface area contributed by atoms with E-state index < -0.39 is 0 Å². The molecule has 0 heterocycles. The Balaban J connectivity index is 0.00000361. The van der Waals surface area contributed by atoms with Gasteiger partial charge in [-0.1, -0.05) is 11.6 Å². The highest BCUT2D eigenvalue weighted by atomic mass is 79.9. The van der Waals surface area contributed by atoms with E-state index in [-0.39, 0.29) is 18.3 Å². The molecule has 0 saturated carbocycles. The molecule has 1 aromatic rings. The molecule has 0 unspecified atom stereocenters. The van der Waals surface area contributed by atoms with Crippen LogP contribution in [-0.2, 0) is 4.79 Å². The molecule has 0 aliphatic heterocycles. The summed E-state index contributed by atoms with van der Waals surface area (Å²) >= 11 is 9.19. The van der Waals surface area contributed by atoms with Crippen molar-refractivity contribution in [1.82, 2.24) is 10.6 Å². The number of benzene rings is 1. The van der Waals surface area contributed by atoms with Gasteiger partial charge in [-0.15, -0.1) is 12.4 Å². The van der Waals surface area contributed by atoms with Crippen molar-refractivity contribution in [2.45, 2.75) is 12.8 Å². The van der Waals surface area contributed by atoms with Crippen LogP contribution in [0.1, 0.15) is 12.8 Å². The number of rotatable bonds is 8. The van der Waals surface area contributed by atoms with Gasteiger partial charge >= 0.3 is 0 Å². The molecule has 1 amide bonds. The zero-order valence-corrected chi connectivity index (χ0v) is 14.4. The first-order valence-corrected chi connectivity index (χ1v) is 7.29. The van der Waals surface area contributed by atoms with Gasteiger partial charge < -0.3 is 15.4 Å². The molecule has 0 bridgehead atoms. The Hall–Kier alpha value is -0.490. The van der Waals surface area contributed by atoms with Gasteiger partial charge in [-0.25, -0.2) is 0 Å². The van der Waals surface area contributed by atoms with Gasteiger partial charge in [-0.05, 0) is 54.1 Å². The van der Waals surface area contributed by atoms with Crippen molar-refractivity contribution in [1.29, 1.82) is 0 Å². The maximum atomic E-state index is 11.5. The summed E-state index contributed by atoms with van der Waals surface area (Å²) in [6.45, 7) is 1.93. The summed E-state index contributed by atoms with van der Waals surface area (Å²) in [5.74, 6) is 0.688. The van der Waals surface area contributed by atoms with Gasteiger partial charge in [0.1, 0.15) is 5.75 Å². The molecule has 1 aromatic carbocycles. The molecule has 0 aromatic heterocycles. The molecule has 0 saturated heterocycles. The Bertz CT molecular complexity index is 419. The maximum Gasteiger partial charge on any atom is 0.223 e. The quantitative estimate of drug-likeness (QED) is 0.676. The standard InChI is InChI=1S/C13H18BrClN2O2.ClH/c1-16-6-2-7-17-13(18)5-8-19-12-4-3-10(15)9-11(12)14;/h3-4,9,16H,2,5-8H2,1H3,(H,17,18);1H. The minimum atomic E-state index is 0. The van der Waals surface area contributed by atoms with Crippen LogP contribution in [0.5, 0.6) is 5.75 Å². The molecule has 0 spiro atoms. The number of hydrogen-bond donors (Lipinski definition) is 2. The topological polar surface area (TPSA) is 50.4 Å². The smallest absolute Gasteiger partial charge is 0.223 e. The first kappa shape index (κ1) is 19.5. The van der Waals surface area contributed by atoms with Crippen LogP contribution in [0.15, 0.2) is 22.7 Å². The van der Waals surface area contributed by atoms with E-state index in [0.29, 0.717) is 30.3 Å². The fraction of sp³-hybridized carbons (Fsp3) is 0.462. The van der Waals surface area contributed by atoms with Crippen molar-refractivity contribution in [3.05, 3.63) is 27.7 Å². The van der Waals surface area contributed by atoms with E-state index in [4.69, 9.17) is 16.3 Å². The minimum Gasteiger partial charge on any atom is -0.492 e. The zero-order chi connectivity index (χ0) is 14.1. The second kappa shape index (κ2) is 11.2.